The van der Waals surface area contributed by atoms with Crippen LogP contribution in [-0.2, 0) is 6.54 Å². The smallest absolute Gasteiger partial charge is 0.126 e. The lowest BCUT2D eigenvalue weighted by Gasteiger charge is -2.20. The molecular weight excluding hydrogens is 215 g/mol. The topological polar surface area (TPSA) is 15.3 Å². The number of nitrogens with one attached hydrogen (secondary N) is 1. The molecule has 0 aromatic heterocycles. The number of hydrogen-bond acceptors (Lipinski definition) is 2. The van der Waals surface area contributed by atoms with Crippen molar-refractivity contribution in [1.82, 2.24) is 10.2 Å². The van der Waals surface area contributed by atoms with Gasteiger partial charge in [-0.1, -0.05) is 19.1 Å². The van der Waals surface area contributed by atoms with Crippen LogP contribution in [0.1, 0.15) is 25.0 Å². The molecular formula is C14H23FN2. The number of benzene rings is 1. The largest absolute Gasteiger partial charge is 0.309 e. The molecule has 0 aliphatic rings. The predicted octanol–water partition coefficient (Wildman–Crippen LogP) is 2.56. The van der Waals surface area contributed by atoms with E-state index in [2.05, 4.69) is 31.1 Å². The molecule has 0 aliphatic carbocycles. The van der Waals surface area contributed by atoms with E-state index in [0.717, 1.165) is 25.2 Å². The normalized spacial score (nSPS) is 13.1. The van der Waals surface area contributed by atoms with E-state index in [1.54, 1.807) is 6.92 Å². The van der Waals surface area contributed by atoms with Crippen LogP contribution in [0.5, 0.6) is 0 Å². The summed E-state index contributed by atoms with van der Waals surface area (Å²) in [6.07, 6.45) is 0. The zero-order valence-corrected chi connectivity index (χ0v) is 11.3. The molecule has 0 spiro atoms. The van der Waals surface area contributed by atoms with Crippen molar-refractivity contribution in [2.75, 3.05) is 20.1 Å². The Bertz CT molecular complexity index is 352. The minimum absolute atomic E-state index is 0.132. The maximum Gasteiger partial charge on any atom is 0.126 e. The number of rotatable bonds is 6. The Morgan fingerprint density at radius 2 is 2.12 bits per heavy atom. The number of halogens is 1. The van der Waals surface area contributed by atoms with Gasteiger partial charge in [0.2, 0.25) is 0 Å². The van der Waals surface area contributed by atoms with Crippen molar-refractivity contribution in [2.45, 2.75) is 33.4 Å². The Morgan fingerprint density at radius 3 is 2.71 bits per heavy atom. The third-order valence-electron chi connectivity index (χ3n) is 3.00. The molecule has 1 aromatic carbocycles. The quantitative estimate of drug-likeness (QED) is 0.819. The van der Waals surface area contributed by atoms with E-state index in [-0.39, 0.29) is 5.82 Å². The summed E-state index contributed by atoms with van der Waals surface area (Å²) in [6, 6.07) is 5.71. The molecule has 1 rings (SSSR count). The minimum Gasteiger partial charge on any atom is -0.309 e. The van der Waals surface area contributed by atoms with Crippen molar-refractivity contribution in [3.8, 4) is 0 Å². The Kier molecular flexibility index (Phi) is 5.59. The van der Waals surface area contributed by atoms with E-state index < -0.39 is 0 Å². The van der Waals surface area contributed by atoms with E-state index in [4.69, 9.17) is 0 Å². The van der Waals surface area contributed by atoms with Gasteiger partial charge in [0.15, 0.2) is 0 Å². The van der Waals surface area contributed by atoms with Crippen molar-refractivity contribution in [2.24, 2.45) is 0 Å². The van der Waals surface area contributed by atoms with Crippen molar-refractivity contribution >= 4 is 0 Å². The van der Waals surface area contributed by atoms with Gasteiger partial charge in [-0.3, -0.25) is 0 Å². The average molecular weight is 238 g/mol. The van der Waals surface area contributed by atoms with Gasteiger partial charge in [0, 0.05) is 19.1 Å². The summed E-state index contributed by atoms with van der Waals surface area (Å²) in [5, 5.41) is 3.45. The van der Waals surface area contributed by atoms with Crippen LogP contribution < -0.4 is 5.32 Å². The number of hydrogen-bond donors (Lipinski definition) is 1. The molecule has 0 bridgehead atoms. The van der Waals surface area contributed by atoms with Gasteiger partial charge >= 0.3 is 0 Å². The number of nitrogens with zero attached hydrogens (tertiary/aromatic N) is 1. The first-order valence-corrected chi connectivity index (χ1v) is 6.20. The highest BCUT2D eigenvalue weighted by Gasteiger charge is 2.05. The lowest BCUT2D eigenvalue weighted by molar-refractivity contribution is 0.309. The van der Waals surface area contributed by atoms with Crippen molar-refractivity contribution in [1.29, 1.82) is 0 Å². The van der Waals surface area contributed by atoms with Crippen LogP contribution in [-0.4, -0.2) is 31.1 Å². The molecule has 17 heavy (non-hydrogen) atoms. The minimum atomic E-state index is -0.132. The highest BCUT2D eigenvalue weighted by atomic mass is 19.1. The van der Waals surface area contributed by atoms with Crippen LogP contribution in [0.2, 0.25) is 0 Å². The standard InChI is InChI=1S/C14H23FN2/c1-5-17(4)10-12(3)16-9-13-6-7-14(15)11(2)8-13/h6-8,12,16H,5,9-10H2,1-4H3. The second kappa shape index (κ2) is 6.72. The van der Waals surface area contributed by atoms with Gasteiger partial charge in [0.25, 0.3) is 0 Å². The fraction of sp³-hybridized carbons (Fsp3) is 0.571. The molecule has 0 aliphatic heterocycles. The van der Waals surface area contributed by atoms with Crippen LogP contribution in [0.3, 0.4) is 0 Å². The van der Waals surface area contributed by atoms with Crippen LogP contribution >= 0.6 is 0 Å². The molecule has 2 nitrogen and oxygen atoms in total. The van der Waals surface area contributed by atoms with E-state index in [9.17, 15) is 4.39 Å². The fourth-order valence-corrected chi connectivity index (χ4v) is 1.77. The van der Waals surface area contributed by atoms with Gasteiger partial charge < -0.3 is 10.2 Å². The molecule has 0 heterocycles. The van der Waals surface area contributed by atoms with Crippen LogP contribution in [0.15, 0.2) is 18.2 Å². The molecule has 0 saturated heterocycles. The van der Waals surface area contributed by atoms with E-state index in [1.807, 2.05) is 12.1 Å². The molecule has 96 valence electrons. The summed E-state index contributed by atoms with van der Waals surface area (Å²) < 4.78 is 13.1. The summed E-state index contributed by atoms with van der Waals surface area (Å²) in [5.74, 6) is -0.132. The fourth-order valence-electron chi connectivity index (χ4n) is 1.77. The molecule has 1 aromatic rings. The molecule has 0 saturated carbocycles. The molecule has 1 unspecified atom stereocenters. The molecule has 1 N–H and O–H groups in total. The van der Waals surface area contributed by atoms with E-state index in [1.165, 1.54) is 6.07 Å². The Labute approximate surface area is 104 Å². The van der Waals surface area contributed by atoms with Crippen LogP contribution in [0.25, 0.3) is 0 Å². The lowest BCUT2D eigenvalue weighted by Crippen LogP contribution is -2.36. The van der Waals surface area contributed by atoms with Crippen molar-refractivity contribution in [3.05, 3.63) is 35.1 Å². The van der Waals surface area contributed by atoms with Gasteiger partial charge in [0.1, 0.15) is 5.82 Å². The second-order valence-corrected chi connectivity index (χ2v) is 4.72. The van der Waals surface area contributed by atoms with Gasteiger partial charge in [-0.15, -0.1) is 0 Å². The first-order chi connectivity index (χ1) is 8.02. The van der Waals surface area contributed by atoms with Gasteiger partial charge in [-0.05, 0) is 44.6 Å². The number of likely N-dealkylation sites (N-methyl/N-ethyl adjacent to an activating group) is 1. The molecule has 0 fully saturated rings. The second-order valence-electron chi connectivity index (χ2n) is 4.72. The Morgan fingerprint density at radius 1 is 1.41 bits per heavy atom. The molecule has 3 heteroatoms. The Balaban J connectivity index is 2.42. The van der Waals surface area contributed by atoms with E-state index in [0.29, 0.717) is 11.6 Å². The van der Waals surface area contributed by atoms with Gasteiger partial charge in [-0.25, -0.2) is 4.39 Å². The summed E-state index contributed by atoms with van der Waals surface area (Å²) in [6.45, 7) is 8.99. The Hall–Kier alpha value is -0.930. The summed E-state index contributed by atoms with van der Waals surface area (Å²) >= 11 is 0. The number of aryl methyl sites for hydroxylation is 1. The third kappa shape index (κ3) is 4.84. The van der Waals surface area contributed by atoms with Crippen molar-refractivity contribution < 1.29 is 4.39 Å². The monoisotopic (exact) mass is 238 g/mol. The van der Waals surface area contributed by atoms with E-state index >= 15 is 0 Å². The highest BCUT2D eigenvalue weighted by molar-refractivity contribution is 5.23. The lowest BCUT2D eigenvalue weighted by atomic mass is 10.1. The summed E-state index contributed by atoms with van der Waals surface area (Å²) in [4.78, 5) is 2.27. The highest BCUT2D eigenvalue weighted by Crippen LogP contribution is 2.09. The third-order valence-corrected chi connectivity index (χ3v) is 3.00. The molecule has 1 atom stereocenters. The predicted molar refractivity (Wildman–Crippen MR) is 70.6 cm³/mol. The van der Waals surface area contributed by atoms with Crippen molar-refractivity contribution in [3.63, 3.8) is 0 Å². The maximum atomic E-state index is 13.1. The van der Waals surface area contributed by atoms with Crippen LogP contribution in [0, 0.1) is 12.7 Å². The average Bonchev–Trinajstić information content (AvgIpc) is 2.30. The molecule has 0 amide bonds. The first-order valence-electron chi connectivity index (χ1n) is 6.20. The first kappa shape index (κ1) is 14.1. The van der Waals surface area contributed by atoms with Gasteiger partial charge in [-0.2, -0.15) is 0 Å². The van der Waals surface area contributed by atoms with Crippen LogP contribution in [0.4, 0.5) is 4.39 Å². The zero-order valence-electron chi connectivity index (χ0n) is 11.3. The van der Waals surface area contributed by atoms with Gasteiger partial charge in [0.05, 0.1) is 0 Å². The SMILES string of the molecule is CCN(C)CC(C)NCc1ccc(F)c(C)c1. The zero-order chi connectivity index (χ0) is 12.8. The molecule has 0 radical (unpaired) electrons. The maximum absolute atomic E-state index is 13.1. The summed E-state index contributed by atoms with van der Waals surface area (Å²) in [7, 11) is 2.11. The summed E-state index contributed by atoms with van der Waals surface area (Å²) in [5.41, 5.74) is 1.84.